The molecule has 0 saturated carbocycles. The van der Waals surface area contributed by atoms with Gasteiger partial charge in [0.1, 0.15) is 0 Å². The number of thiophene rings is 1. The minimum Gasteiger partial charge on any atom is -0.309 e. The summed E-state index contributed by atoms with van der Waals surface area (Å²) in [4.78, 5) is 10.6. The van der Waals surface area contributed by atoms with Crippen LogP contribution in [-0.2, 0) is 0 Å². The molecule has 4 nitrogen and oxygen atoms in total. The summed E-state index contributed by atoms with van der Waals surface area (Å²) < 4.78 is 7.22. The van der Waals surface area contributed by atoms with Crippen LogP contribution in [0.2, 0.25) is 0 Å². The number of rotatable bonds is 4. The number of aromatic nitrogens is 4. The standard InChI is InChI=1S/C50H30N4S/c1-6-16-42-39(15-1)49(31-21-25-34(26-22-31)53-43-17-7-2-11-35(43)36-12-3-8-18-44(36)53)52-50(51-42)54-45-19-9-4-13-37(45)40-29-32(23-27-46(40)54)33-24-28-48-41(30-33)38-14-5-10-20-47(38)55-48/h1-30H. The summed E-state index contributed by atoms with van der Waals surface area (Å²) in [5.74, 6) is 0.658. The van der Waals surface area contributed by atoms with Crippen LogP contribution >= 0.6 is 11.3 Å². The lowest BCUT2D eigenvalue weighted by molar-refractivity contribution is 1.01. The van der Waals surface area contributed by atoms with Crippen molar-refractivity contribution in [3.63, 3.8) is 0 Å². The van der Waals surface area contributed by atoms with Crippen molar-refractivity contribution in [1.29, 1.82) is 0 Å². The molecule has 0 spiro atoms. The largest absolute Gasteiger partial charge is 0.309 e. The SMILES string of the molecule is c1ccc2c(-c3ccc(-n4c5ccccc5c5ccccc54)cc3)nc(-n3c4ccccc4c4cc(-c5ccc6sc7ccccc7c6c5)ccc43)nc2c1. The molecule has 0 fully saturated rings. The van der Waals surface area contributed by atoms with Crippen LogP contribution in [0.15, 0.2) is 182 Å². The van der Waals surface area contributed by atoms with Crippen molar-refractivity contribution < 1.29 is 0 Å². The minimum atomic E-state index is 0.658. The highest BCUT2D eigenvalue weighted by Gasteiger charge is 2.19. The summed E-state index contributed by atoms with van der Waals surface area (Å²) in [5, 5.41) is 8.50. The molecular weight excluding hydrogens is 689 g/mol. The molecule has 0 saturated heterocycles. The zero-order chi connectivity index (χ0) is 36.0. The van der Waals surface area contributed by atoms with Crippen LogP contribution in [0.1, 0.15) is 0 Å². The summed E-state index contributed by atoms with van der Waals surface area (Å²) >= 11 is 1.85. The van der Waals surface area contributed by atoms with E-state index in [4.69, 9.17) is 9.97 Å². The highest BCUT2D eigenvalue weighted by Crippen LogP contribution is 2.40. The molecule has 0 N–H and O–H groups in total. The Kier molecular flexibility index (Phi) is 6.47. The fourth-order valence-electron chi connectivity index (χ4n) is 8.63. The first-order chi connectivity index (χ1) is 27.3. The normalized spacial score (nSPS) is 12.0. The molecule has 0 atom stereocenters. The van der Waals surface area contributed by atoms with Crippen LogP contribution in [0.3, 0.4) is 0 Å². The van der Waals surface area contributed by atoms with E-state index in [9.17, 15) is 0 Å². The summed E-state index contributed by atoms with van der Waals surface area (Å²) in [6, 6.07) is 65.4. The Morgan fingerprint density at radius 2 is 0.855 bits per heavy atom. The number of hydrogen-bond acceptors (Lipinski definition) is 3. The molecule has 4 aromatic heterocycles. The molecule has 4 heterocycles. The maximum absolute atomic E-state index is 5.39. The molecule has 0 aliphatic carbocycles. The fraction of sp³-hybridized carbons (Fsp3) is 0. The van der Waals surface area contributed by atoms with Gasteiger partial charge in [-0.3, -0.25) is 4.57 Å². The van der Waals surface area contributed by atoms with Gasteiger partial charge in [0.25, 0.3) is 0 Å². The van der Waals surface area contributed by atoms with Crippen molar-refractivity contribution in [2.24, 2.45) is 0 Å². The Morgan fingerprint density at radius 3 is 1.58 bits per heavy atom. The predicted octanol–water partition coefficient (Wildman–Crippen LogP) is 13.5. The minimum absolute atomic E-state index is 0.658. The second kappa shape index (κ2) is 11.7. The molecule has 5 heteroatoms. The van der Waals surface area contributed by atoms with Crippen molar-refractivity contribution in [2.75, 3.05) is 0 Å². The van der Waals surface area contributed by atoms with Gasteiger partial charge in [0.05, 0.1) is 33.3 Å². The molecule has 55 heavy (non-hydrogen) atoms. The van der Waals surface area contributed by atoms with Crippen LogP contribution in [0.25, 0.3) is 109 Å². The van der Waals surface area contributed by atoms with E-state index in [1.165, 1.54) is 63.9 Å². The van der Waals surface area contributed by atoms with Crippen LogP contribution in [-0.4, -0.2) is 19.1 Å². The Bertz CT molecular complexity index is 3440. The first-order valence-corrected chi connectivity index (χ1v) is 19.4. The van der Waals surface area contributed by atoms with E-state index < -0.39 is 0 Å². The fourth-order valence-corrected chi connectivity index (χ4v) is 9.71. The number of para-hydroxylation sites is 4. The maximum Gasteiger partial charge on any atom is 0.235 e. The Morgan fingerprint density at radius 1 is 0.345 bits per heavy atom. The molecular formula is C50H30N4S. The molecule has 0 radical (unpaired) electrons. The zero-order valence-electron chi connectivity index (χ0n) is 29.5. The molecule has 0 bridgehead atoms. The molecule has 12 aromatic rings. The monoisotopic (exact) mass is 718 g/mol. The van der Waals surface area contributed by atoms with Crippen LogP contribution in [0.5, 0.6) is 0 Å². The molecule has 256 valence electrons. The number of fused-ring (bicyclic) bond motifs is 10. The Hall–Kier alpha value is -7.08. The third-order valence-electron chi connectivity index (χ3n) is 11.2. The number of hydrogen-bond donors (Lipinski definition) is 0. The van der Waals surface area contributed by atoms with Gasteiger partial charge in [-0.15, -0.1) is 11.3 Å². The highest BCUT2D eigenvalue weighted by molar-refractivity contribution is 7.25. The van der Waals surface area contributed by atoms with Gasteiger partial charge in [0.15, 0.2) is 0 Å². The van der Waals surface area contributed by atoms with Crippen LogP contribution in [0.4, 0.5) is 0 Å². The molecule has 0 aliphatic heterocycles. The summed E-state index contributed by atoms with van der Waals surface area (Å²) in [7, 11) is 0. The summed E-state index contributed by atoms with van der Waals surface area (Å²) in [6.07, 6.45) is 0. The van der Waals surface area contributed by atoms with E-state index >= 15 is 0 Å². The number of benzene rings is 8. The lowest BCUT2D eigenvalue weighted by Crippen LogP contribution is -2.03. The molecule has 0 unspecified atom stereocenters. The Labute approximate surface area is 319 Å². The van der Waals surface area contributed by atoms with E-state index in [1.807, 2.05) is 11.3 Å². The first-order valence-electron chi connectivity index (χ1n) is 18.6. The third kappa shape index (κ3) is 4.57. The second-order valence-electron chi connectivity index (χ2n) is 14.2. The quantitative estimate of drug-likeness (QED) is 0.182. The van der Waals surface area contributed by atoms with E-state index in [1.54, 1.807) is 0 Å². The lowest BCUT2D eigenvalue weighted by atomic mass is 10.0. The predicted molar refractivity (Wildman–Crippen MR) is 232 cm³/mol. The highest BCUT2D eigenvalue weighted by atomic mass is 32.1. The van der Waals surface area contributed by atoms with Gasteiger partial charge >= 0.3 is 0 Å². The Balaban J connectivity index is 1.02. The molecule has 0 aliphatic rings. The van der Waals surface area contributed by atoms with Crippen molar-refractivity contribution in [2.45, 2.75) is 0 Å². The molecule has 0 amide bonds. The van der Waals surface area contributed by atoms with E-state index in [0.29, 0.717) is 5.95 Å². The topological polar surface area (TPSA) is 35.6 Å². The third-order valence-corrected chi connectivity index (χ3v) is 12.3. The van der Waals surface area contributed by atoms with Crippen molar-refractivity contribution in [1.82, 2.24) is 19.1 Å². The van der Waals surface area contributed by atoms with Gasteiger partial charge in [0.2, 0.25) is 5.95 Å². The van der Waals surface area contributed by atoms with Crippen LogP contribution < -0.4 is 0 Å². The smallest absolute Gasteiger partial charge is 0.235 e. The van der Waals surface area contributed by atoms with Gasteiger partial charge in [-0.2, -0.15) is 0 Å². The molecule has 12 rings (SSSR count). The van der Waals surface area contributed by atoms with Crippen molar-refractivity contribution in [3.05, 3.63) is 182 Å². The first kappa shape index (κ1) is 30.4. The van der Waals surface area contributed by atoms with Gasteiger partial charge in [-0.1, -0.05) is 115 Å². The summed E-state index contributed by atoms with van der Waals surface area (Å²) in [5.41, 5.74) is 10.9. The summed E-state index contributed by atoms with van der Waals surface area (Å²) in [6.45, 7) is 0. The van der Waals surface area contributed by atoms with Gasteiger partial charge < -0.3 is 4.57 Å². The van der Waals surface area contributed by atoms with Crippen molar-refractivity contribution in [3.8, 4) is 34.0 Å². The average Bonchev–Trinajstić information content (AvgIpc) is 3.91. The maximum atomic E-state index is 5.39. The van der Waals surface area contributed by atoms with Crippen molar-refractivity contribution >= 4 is 86.0 Å². The van der Waals surface area contributed by atoms with E-state index in [2.05, 4.69) is 191 Å². The van der Waals surface area contributed by atoms with Gasteiger partial charge in [0, 0.05) is 58.4 Å². The zero-order valence-corrected chi connectivity index (χ0v) is 30.3. The number of nitrogens with zero attached hydrogens (tertiary/aromatic N) is 4. The second-order valence-corrected chi connectivity index (χ2v) is 15.3. The van der Waals surface area contributed by atoms with Gasteiger partial charge in [-0.25, -0.2) is 9.97 Å². The van der Waals surface area contributed by atoms with E-state index in [-0.39, 0.29) is 0 Å². The van der Waals surface area contributed by atoms with E-state index in [0.717, 1.165) is 38.9 Å². The lowest BCUT2D eigenvalue weighted by Gasteiger charge is -2.13. The average molecular weight is 719 g/mol. The van der Waals surface area contributed by atoms with Crippen LogP contribution in [0, 0.1) is 0 Å². The van der Waals surface area contributed by atoms with Gasteiger partial charge in [-0.05, 0) is 77.9 Å². The molecule has 8 aromatic carbocycles.